The van der Waals surface area contributed by atoms with Crippen molar-refractivity contribution in [1.82, 2.24) is 15.8 Å². The zero-order valence-electron chi connectivity index (χ0n) is 13.6. The predicted molar refractivity (Wildman–Crippen MR) is 92.9 cm³/mol. The van der Waals surface area contributed by atoms with Crippen LogP contribution >= 0.6 is 15.9 Å². The molecule has 2 aliphatic rings. The molecule has 0 bridgehead atoms. The summed E-state index contributed by atoms with van der Waals surface area (Å²) in [5.41, 5.74) is 7.49. The average Bonchev–Trinajstić information content (AvgIpc) is 3.11. The minimum absolute atomic E-state index is 0.0794. The number of nitrogens with one attached hydrogen (secondary N) is 2. The number of carbonyl (C=O) groups excluding carboxylic acids is 2. The molecule has 130 valence electrons. The first-order valence-electron chi connectivity index (χ1n) is 8.21. The molecule has 2 fully saturated rings. The number of carbonyl (C=O) groups is 2. The topological polar surface area (TPSA) is 70.7 Å². The number of esters is 1. The molecule has 2 saturated heterocycles. The number of methoxy groups -OCH3 is 1. The molecular formula is C17H22BrN3O3. The third-order valence-electron chi connectivity index (χ3n) is 4.81. The average molecular weight is 396 g/mol. The van der Waals surface area contributed by atoms with E-state index in [1.165, 1.54) is 7.11 Å². The van der Waals surface area contributed by atoms with E-state index in [0.717, 1.165) is 16.5 Å². The van der Waals surface area contributed by atoms with Crippen LogP contribution in [0.1, 0.15) is 30.9 Å². The summed E-state index contributed by atoms with van der Waals surface area (Å²) in [5, 5.41) is 0. The summed E-state index contributed by atoms with van der Waals surface area (Å²) >= 11 is 3.43. The minimum Gasteiger partial charge on any atom is -0.469 e. The quantitative estimate of drug-likeness (QED) is 0.763. The Hall–Kier alpha value is -1.44. The summed E-state index contributed by atoms with van der Waals surface area (Å²) in [4.78, 5) is 26.1. The number of benzene rings is 1. The maximum absolute atomic E-state index is 12.7. The van der Waals surface area contributed by atoms with Crippen LogP contribution in [0.3, 0.4) is 0 Å². The molecule has 0 spiro atoms. The number of nitrogens with zero attached hydrogens (tertiary/aromatic N) is 1. The van der Waals surface area contributed by atoms with Gasteiger partial charge in [-0.2, -0.15) is 0 Å². The van der Waals surface area contributed by atoms with Gasteiger partial charge in [0.15, 0.2) is 0 Å². The molecule has 0 aliphatic carbocycles. The number of piperidine rings is 1. The predicted octanol–water partition coefficient (Wildman–Crippen LogP) is 1.77. The fourth-order valence-corrected chi connectivity index (χ4v) is 3.62. The number of hydrazine groups is 1. The Morgan fingerprint density at radius 2 is 1.83 bits per heavy atom. The second-order valence-electron chi connectivity index (χ2n) is 6.30. The first-order chi connectivity index (χ1) is 11.6. The van der Waals surface area contributed by atoms with Gasteiger partial charge in [-0.1, -0.05) is 28.1 Å². The third-order valence-corrected chi connectivity index (χ3v) is 5.34. The van der Waals surface area contributed by atoms with Crippen molar-refractivity contribution in [3.8, 4) is 0 Å². The lowest BCUT2D eigenvalue weighted by atomic mass is 9.95. The Kier molecular flexibility index (Phi) is 5.53. The van der Waals surface area contributed by atoms with Gasteiger partial charge in [-0.3, -0.25) is 9.59 Å². The van der Waals surface area contributed by atoms with Crippen LogP contribution in [0.15, 0.2) is 28.7 Å². The highest BCUT2D eigenvalue weighted by molar-refractivity contribution is 9.10. The Morgan fingerprint density at radius 3 is 2.46 bits per heavy atom. The minimum atomic E-state index is -0.228. The zero-order chi connectivity index (χ0) is 17.1. The molecule has 0 radical (unpaired) electrons. The standard InChI is InChI=1S/C17H22BrN3O3/c1-24-17(23)12-6-8-21(9-7-12)16(22)15-10-14(19-20-15)11-2-4-13(18)5-3-11/h2-5,12,14-15,19-20H,6-10H2,1H3. The summed E-state index contributed by atoms with van der Waals surface area (Å²) in [6, 6.07) is 8.01. The summed E-state index contributed by atoms with van der Waals surface area (Å²) in [7, 11) is 1.41. The van der Waals surface area contributed by atoms with Crippen molar-refractivity contribution in [2.45, 2.75) is 31.3 Å². The summed E-state index contributed by atoms with van der Waals surface area (Å²) in [6.45, 7) is 1.22. The van der Waals surface area contributed by atoms with Gasteiger partial charge in [-0.25, -0.2) is 10.9 Å². The molecule has 6 nitrogen and oxygen atoms in total. The van der Waals surface area contributed by atoms with Crippen molar-refractivity contribution >= 4 is 27.8 Å². The van der Waals surface area contributed by atoms with Crippen LogP contribution in [0.5, 0.6) is 0 Å². The smallest absolute Gasteiger partial charge is 0.308 e. The van der Waals surface area contributed by atoms with E-state index in [9.17, 15) is 9.59 Å². The molecule has 2 unspecified atom stereocenters. The highest BCUT2D eigenvalue weighted by atomic mass is 79.9. The fraction of sp³-hybridized carbons (Fsp3) is 0.529. The van der Waals surface area contributed by atoms with Gasteiger partial charge in [0.2, 0.25) is 5.91 Å². The van der Waals surface area contributed by atoms with Gasteiger partial charge in [0.1, 0.15) is 6.04 Å². The van der Waals surface area contributed by atoms with E-state index in [1.807, 2.05) is 17.0 Å². The molecule has 0 aromatic heterocycles. The number of hydrogen-bond acceptors (Lipinski definition) is 5. The van der Waals surface area contributed by atoms with Crippen molar-refractivity contribution in [1.29, 1.82) is 0 Å². The number of rotatable bonds is 3. The molecule has 1 aromatic carbocycles. The number of ether oxygens (including phenoxy) is 1. The van der Waals surface area contributed by atoms with Crippen molar-refractivity contribution in [2.24, 2.45) is 5.92 Å². The van der Waals surface area contributed by atoms with Gasteiger partial charge >= 0.3 is 5.97 Å². The van der Waals surface area contributed by atoms with Crippen molar-refractivity contribution in [3.63, 3.8) is 0 Å². The van der Waals surface area contributed by atoms with Crippen molar-refractivity contribution in [2.75, 3.05) is 20.2 Å². The highest BCUT2D eigenvalue weighted by Gasteiger charge is 2.35. The van der Waals surface area contributed by atoms with Gasteiger partial charge in [0.05, 0.1) is 13.0 Å². The van der Waals surface area contributed by atoms with Crippen LogP contribution in [-0.2, 0) is 14.3 Å². The lowest BCUT2D eigenvalue weighted by Crippen LogP contribution is -2.49. The molecular weight excluding hydrogens is 374 g/mol. The molecule has 24 heavy (non-hydrogen) atoms. The molecule has 2 heterocycles. The number of likely N-dealkylation sites (tertiary alicyclic amines) is 1. The SMILES string of the molecule is COC(=O)C1CCN(C(=O)C2CC(c3ccc(Br)cc3)NN2)CC1. The summed E-state index contributed by atoms with van der Waals surface area (Å²) in [5.74, 6) is -0.146. The largest absolute Gasteiger partial charge is 0.469 e. The van der Waals surface area contributed by atoms with Gasteiger partial charge in [0.25, 0.3) is 0 Å². The van der Waals surface area contributed by atoms with Gasteiger partial charge in [-0.05, 0) is 37.0 Å². The monoisotopic (exact) mass is 395 g/mol. The first-order valence-corrected chi connectivity index (χ1v) is 9.01. The zero-order valence-corrected chi connectivity index (χ0v) is 15.2. The Labute approximate surface area is 150 Å². The van der Waals surface area contributed by atoms with Crippen LogP contribution in [-0.4, -0.2) is 43.0 Å². The molecule has 0 saturated carbocycles. The van der Waals surface area contributed by atoms with Crippen LogP contribution in [0.2, 0.25) is 0 Å². The second-order valence-corrected chi connectivity index (χ2v) is 7.22. The summed E-state index contributed by atoms with van der Waals surface area (Å²) in [6.07, 6.45) is 2.07. The Balaban J connectivity index is 1.53. The molecule has 7 heteroatoms. The second kappa shape index (κ2) is 7.63. The normalized spacial score (nSPS) is 24.8. The van der Waals surface area contributed by atoms with E-state index >= 15 is 0 Å². The highest BCUT2D eigenvalue weighted by Crippen LogP contribution is 2.26. The lowest BCUT2D eigenvalue weighted by Gasteiger charge is -2.32. The van der Waals surface area contributed by atoms with Crippen LogP contribution in [0, 0.1) is 5.92 Å². The van der Waals surface area contributed by atoms with Gasteiger partial charge in [-0.15, -0.1) is 0 Å². The molecule has 2 aliphatic heterocycles. The van der Waals surface area contributed by atoms with Crippen LogP contribution in [0.4, 0.5) is 0 Å². The number of hydrogen-bond donors (Lipinski definition) is 2. The molecule has 2 N–H and O–H groups in total. The molecule has 3 rings (SSSR count). The van der Waals surface area contributed by atoms with Crippen LogP contribution < -0.4 is 10.9 Å². The molecule has 1 aromatic rings. The first kappa shape index (κ1) is 17.4. The maximum atomic E-state index is 12.7. The van der Waals surface area contributed by atoms with Gasteiger partial charge < -0.3 is 9.64 Å². The van der Waals surface area contributed by atoms with E-state index in [0.29, 0.717) is 25.9 Å². The molecule has 2 atom stereocenters. The lowest BCUT2D eigenvalue weighted by molar-refractivity contribution is -0.149. The Bertz CT molecular complexity index is 600. The third kappa shape index (κ3) is 3.79. The van der Waals surface area contributed by atoms with E-state index in [2.05, 4.69) is 38.9 Å². The maximum Gasteiger partial charge on any atom is 0.308 e. The Morgan fingerprint density at radius 1 is 1.17 bits per heavy atom. The van der Waals surface area contributed by atoms with Crippen LogP contribution in [0.25, 0.3) is 0 Å². The van der Waals surface area contributed by atoms with E-state index < -0.39 is 0 Å². The van der Waals surface area contributed by atoms with Crippen molar-refractivity contribution in [3.05, 3.63) is 34.3 Å². The number of amides is 1. The van der Waals surface area contributed by atoms with E-state index in [1.54, 1.807) is 0 Å². The number of halogens is 1. The summed E-state index contributed by atoms with van der Waals surface area (Å²) < 4.78 is 5.83. The molecule has 1 amide bonds. The van der Waals surface area contributed by atoms with E-state index in [4.69, 9.17) is 4.74 Å². The van der Waals surface area contributed by atoms with Crippen molar-refractivity contribution < 1.29 is 14.3 Å². The fourth-order valence-electron chi connectivity index (χ4n) is 3.35. The van der Waals surface area contributed by atoms with Gasteiger partial charge in [0, 0.05) is 23.6 Å². The van der Waals surface area contributed by atoms with E-state index in [-0.39, 0.29) is 29.9 Å².